The standard InChI is InChI=1S/C19H23N5S/c1-13-10-22-18(25-13)14-11-21-17-16(14)15(4-8-20-17)24-9-6-19(12-24)5-2-3-7-23-19/h4,8,10-11,23H,2-3,5-7,9,12H2,1H3,(H,20,21)/t19-/m0/s1. The Balaban J connectivity index is 1.56. The monoisotopic (exact) mass is 353 g/mol. The van der Waals surface area contributed by atoms with Crippen molar-refractivity contribution in [2.24, 2.45) is 0 Å². The van der Waals surface area contributed by atoms with Crippen molar-refractivity contribution in [3.63, 3.8) is 0 Å². The van der Waals surface area contributed by atoms with E-state index in [1.54, 1.807) is 11.3 Å². The zero-order valence-electron chi connectivity index (χ0n) is 14.5. The maximum absolute atomic E-state index is 4.60. The summed E-state index contributed by atoms with van der Waals surface area (Å²) >= 11 is 1.74. The molecule has 25 heavy (non-hydrogen) atoms. The van der Waals surface area contributed by atoms with E-state index in [0.29, 0.717) is 5.54 Å². The van der Waals surface area contributed by atoms with Gasteiger partial charge < -0.3 is 15.2 Å². The van der Waals surface area contributed by atoms with E-state index >= 15 is 0 Å². The van der Waals surface area contributed by atoms with Crippen molar-refractivity contribution < 1.29 is 0 Å². The van der Waals surface area contributed by atoms with Crippen molar-refractivity contribution in [3.8, 4) is 10.6 Å². The van der Waals surface area contributed by atoms with Crippen LogP contribution in [0.2, 0.25) is 0 Å². The topological polar surface area (TPSA) is 56.8 Å². The Morgan fingerprint density at radius 3 is 3.00 bits per heavy atom. The van der Waals surface area contributed by atoms with Crippen LogP contribution in [0, 0.1) is 6.92 Å². The highest BCUT2D eigenvalue weighted by Gasteiger charge is 2.39. The number of aromatic nitrogens is 3. The van der Waals surface area contributed by atoms with Crippen LogP contribution in [0.1, 0.15) is 30.6 Å². The fraction of sp³-hybridized carbons (Fsp3) is 0.474. The van der Waals surface area contributed by atoms with Gasteiger partial charge >= 0.3 is 0 Å². The van der Waals surface area contributed by atoms with E-state index in [1.807, 2.05) is 12.4 Å². The largest absolute Gasteiger partial charge is 0.369 e. The minimum absolute atomic E-state index is 0.308. The van der Waals surface area contributed by atoms with E-state index in [4.69, 9.17) is 0 Å². The molecule has 0 saturated carbocycles. The normalized spacial score (nSPS) is 23.8. The van der Waals surface area contributed by atoms with Gasteiger partial charge in [-0.25, -0.2) is 9.97 Å². The number of hydrogen-bond acceptors (Lipinski definition) is 5. The SMILES string of the molecule is Cc1cnc(-c2c[nH]c3nccc(N4CC[C@@]5(CCCCN5)C4)c23)s1. The summed E-state index contributed by atoms with van der Waals surface area (Å²) in [7, 11) is 0. The molecule has 3 aromatic heterocycles. The molecule has 1 spiro atoms. The third kappa shape index (κ3) is 2.55. The second-order valence-corrected chi connectivity index (χ2v) is 8.60. The molecule has 2 saturated heterocycles. The van der Waals surface area contributed by atoms with Crippen LogP contribution < -0.4 is 10.2 Å². The van der Waals surface area contributed by atoms with Gasteiger partial charge in [0.05, 0.1) is 11.1 Å². The zero-order valence-corrected chi connectivity index (χ0v) is 15.3. The van der Waals surface area contributed by atoms with Crippen LogP contribution >= 0.6 is 11.3 Å². The molecule has 2 aliphatic rings. The summed E-state index contributed by atoms with van der Waals surface area (Å²) < 4.78 is 0. The Bertz CT molecular complexity index is 906. The molecule has 0 bridgehead atoms. The maximum Gasteiger partial charge on any atom is 0.140 e. The molecule has 3 aromatic rings. The number of thiazole rings is 1. The second kappa shape index (κ2) is 5.81. The van der Waals surface area contributed by atoms with Crippen molar-refractivity contribution in [1.82, 2.24) is 20.3 Å². The number of anilines is 1. The average Bonchev–Trinajstić information content (AvgIpc) is 3.34. The van der Waals surface area contributed by atoms with Crippen molar-refractivity contribution in [2.45, 2.75) is 38.1 Å². The van der Waals surface area contributed by atoms with Gasteiger partial charge in [-0.1, -0.05) is 6.42 Å². The number of nitrogens with zero attached hydrogens (tertiary/aromatic N) is 3. The number of pyridine rings is 1. The predicted molar refractivity (Wildman–Crippen MR) is 103 cm³/mol. The highest BCUT2D eigenvalue weighted by atomic mass is 32.1. The first-order chi connectivity index (χ1) is 12.2. The third-order valence-corrected chi connectivity index (χ3v) is 6.63. The van der Waals surface area contributed by atoms with Crippen LogP contribution in [0.3, 0.4) is 0 Å². The van der Waals surface area contributed by atoms with Gasteiger partial charge in [-0.2, -0.15) is 0 Å². The first kappa shape index (κ1) is 15.3. The molecule has 0 aromatic carbocycles. The lowest BCUT2D eigenvalue weighted by molar-refractivity contribution is 0.280. The molecule has 0 unspecified atom stereocenters. The van der Waals surface area contributed by atoms with Crippen LogP contribution in [0.4, 0.5) is 5.69 Å². The number of rotatable bonds is 2. The lowest BCUT2D eigenvalue weighted by Crippen LogP contribution is -2.50. The van der Waals surface area contributed by atoms with E-state index < -0.39 is 0 Å². The van der Waals surface area contributed by atoms with E-state index in [2.05, 4.69) is 44.4 Å². The molecule has 0 radical (unpaired) electrons. The van der Waals surface area contributed by atoms with Crippen molar-refractivity contribution in [3.05, 3.63) is 29.5 Å². The summed E-state index contributed by atoms with van der Waals surface area (Å²) in [4.78, 5) is 16.3. The molecule has 5 rings (SSSR count). The van der Waals surface area contributed by atoms with Gasteiger partial charge in [0.1, 0.15) is 10.7 Å². The third-order valence-electron chi connectivity index (χ3n) is 5.68. The van der Waals surface area contributed by atoms with Gasteiger partial charge in [0.15, 0.2) is 0 Å². The molecular formula is C19H23N5S. The average molecular weight is 353 g/mol. The smallest absolute Gasteiger partial charge is 0.140 e. The molecular weight excluding hydrogens is 330 g/mol. The van der Waals surface area contributed by atoms with E-state index in [9.17, 15) is 0 Å². The summed E-state index contributed by atoms with van der Waals surface area (Å²) in [5.41, 5.74) is 3.73. The number of nitrogens with one attached hydrogen (secondary N) is 2. The van der Waals surface area contributed by atoms with Crippen molar-refractivity contribution in [2.75, 3.05) is 24.5 Å². The van der Waals surface area contributed by atoms with Crippen molar-refractivity contribution >= 4 is 28.1 Å². The number of fused-ring (bicyclic) bond motifs is 1. The Morgan fingerprint density at radius 1 is 1.24 bits per heavy atom. The van der Waals surface area contributed by atoms with Crippen LogP contribution in [0.15, 0.2) is 24.7 Å². The van der Waals surface area contributed by atoms with Gasteiger partial charge in [0, 0.05) is 47.7 Å². The van der Waals surface area contributed by atoms with Gasteiger partial charge in [0.2, 0.25) is 0 Å². The molecule has 5 heterocycles. The van der Waals surface area contributed by atoms with Crippen LogP contribution in [0.5, 0.6) is 0 Å². The number of aromatic amines is 1. The van der Waals surface area contributed by atoms with E-state index in [-0.39, 0.29) is 0 Å². The Morgan fingerprint density at radius 2 is 2.20 bits per heavy atom. The lowest BCUT2D eigenvalue weighted by Gasteiger charge is -2.35. The first-order valence-corrected chi connectivity index (χ1v) is 9.95. The summed E-state index contributed by atoms with van der Waals surface area (Å²) in [5.74, 6) is 0. The quantitative estimate of drug-likeness (QED) is 0.737. The van der Waals surface area contributed by atoms with Gasteiger partial charge in [-0.3, -0.25) is 0 Å². The molecule has 2 N–H and O–H groups in total. The van der Waals surface area contributed by atoms with Crippen LogP contribution in [0.25, 0.3) is 21.6 Å². The Hall–Kier alpha value is -1.92. The summed E-state index contributed by atoms with van der Waals surface area (Å²) in [6, 6.07) is 2.17. The molecule has 5 nitrogen and oxygen atoms in total. The summed E-state index contributed by atoms with van der Waals surface area (Å²) in [6.45, 7) is 5.46. The molecule has 0 aliphatic carbocycles. The second-order valence-electron chi connectivity index (χ2n) is 7.37. The number of hydrogen-bond donors (Lipinski definition) is 2. The molecule has 6 heteroatoms. The maximum atomic E-state index is 4.60. The minimum atomic E-state index is 0.308. The van der Waals surface area contributed by atoms with E-state index in [0.717, 1.165) is 30.3 Å². The molecule has 2 aliphatic heterocycles. The van der Waals surface area contributed by atoms with Crippen LogP contribution in [-0.4, -0.2) is 40.1 Å². The lowest BCUT2D eigenvalue weighted by atomic mass is 9.88. The zero-order chi connectivity index (χ0) is 16.9. The predicted octanol–water partition coefficient (Wildman–Crippen LogP) is 3.72. The van der Waals surface area contributed by atoms with Crippen molar-refractivity contribution in [1.29, 1.82) is 0 Å². The fourth-order valence-electron chi connectivity index (χ4n) is 4.41. The molecule has 130 valence electrons. The van der Waals surface area contributed by atoms with E-state index in [1.165, 1.54) is 47.2 Å². The summed E-state index contributed by atoms with van der Waals surface area (Å²) in [6.07, 6.45) is 11.1. The first-order valence-electron chi connectivity index (χ1n) is 9.13. The molecule has 2 fully saturated rings. The Labute approximate surface area is 151 Å². The van der Waals surface area contributed by atoms with Gasteiger partial charge in [0.25, 0.3) is 0 Å². The summed E-state index contributed by atoms with van der Waals surface area (Å²) in [5, 5.41) is 6.09. The van der Waals surface area contributed by atoms with Gasteiger partial charge in [-0.15, -0.1) is 11.3 Å². The fourth-order valence-corrected chi connectivity index (χ4v) is 5.19. The number of aryl methyl sites for hydroxylation is 1. The highest BCUT2D eigenvalue weighted by Crippen LogP contribution is 2.40. The number of piperidine rings is 1. The van der Waals surface area contributed by atoms with Gasteiger partial charge in [-0.05, 0) is 38.8 Å². The number of H-pyrrole nitrogens is 1. The molecule has 0 amide bonds. The highest BCUT2D eigenvalue weighted by molar-refractivity contribution is 7.15. The Kier molecular flexibility index (Phi) is 3.57. The molecule has 1 atom stereocenters. The minimum Gasteiger partial charge on any atom is -0.369 e. The van der Waals surface area contributed by atoms with Crippen LogP contribution in [-0.2, 0) is 0 Å².